The van der Waals surface area contributed by atoms with Gasteiger partial charge in [0.1, 0.15) is 23.9 Å². The average Bonchev–Trinajstić information content (AvgIpc) is 2.74. The van der Waals surface area contributed by atoms with Crippen LogP contribution < -0.4 is 14.2 Å². The van der Waals surface area contributed by atoms with Gasteiger partial charge in [-0.3, -0.25) is 0 Å². The zero-order chi connectivity index (χ0) is 19.8. The van der Waals surface area contributed by atoms with Crippen molar-refractivity contribution in [3.63, 3.8) is 0 Å². The van der Waals surface area contributed by atoms with Crippen LogP contribution in [-0.4, -0.2) is 19.2 Å². The van der Waals surface area contributed by atoms with Gasteiger partial charge >= 0.3 is 5.97 Å². The summed E-state index contributed by atoms with van der Waals surface area (Å²) < 4.78 is 16.3. The molecule has 3 aromatic carbocycles. The Kier molecular flexibility index (Phi) is 6.47. The molecule has 0 atom stereocenters. The van der Waals surface area contributed by atoms with E-state index in [-0.39, 0.29) is 0 Å². The lowest BCUT2D eigenvalue weighted by molar-refractivity contribution is 0.0734. The Labute approximate surface area is 165 Å². The molecule has 0 aromatic heterocycles. The standard InChI is InChI=1S/C24H22O4/c1-3-17-27-22-11-5-18(6-12-22)19-7-15-23(16-8-19)28-24(25)20-9-13-21(14-10-20)26-4-2/h3,5-16H,1,4,17H2,2H3. The third-order valence-electron chi connectivity index (χ3n) is 4.02. The first-order chi connectivity index (χ1) is 13.7. The maximum atomic E-state index is 12.3. The third kappa shape index (κ3) is 5.01. The molecular formula is C24H22O4. The highest BCUT2D eigenvalue weighted by Gasteiger charge is 2.09. The highest BCUT2D eigenvalue weighted by atomic mass is 16.5. The summed E-state index contributed by atoms with van der Waals surface area (Å²) in [4.78, 5) is 12.3. The van der Waals surface area contributed by atoms with Gasteiger partial charge in [0, 0.05) is 0 Å². The number of ether oxygens (including phenoxy) is 3. The van der Waals surface area contributed by atoms with Crippen molar-refractivity contribution in [1.29, 1.82) is 0 Å². The monoisotopic (exact) mass is 374 g/mol. The lowest BCUT2D eigenvalue weighted by Gasteiger charge is -2.08. The molecule has 0 amide bonds. The molecule has 3 rings (SSSR count). The lowest BCUT2D eigenvalue weighted by atomic mass is 10.1. The fraction of sp³-hybridized carbons (Fsp3) is 0.125. The maximum Gasteiger partial charge on any atom is 0.343 e. The van der Waals surface area contributed by atoms with Gasteiger partial charge in [0.25, 0.3) is 0 Å². The molecule has 3 aromatic rings. The number of carbonyl (C=O) groups is 1. The molecule has 0 N–H and O–H groups in total. The second kappa shape index (κ2) is 9.42. The molecule has 0 bridgehead atoms. The summed E-state index contributed by atoms with van der Waals surface area (Å²) in [5.41, 5.74) is 2.55. The van der Waals surface area contributed by atoms with Gasteiger partial charge in [-0.1, -0.05) is 36.9 Å². The summed E-state index contributed by atoms with van der Waals surface area (Å²) in [5, 5.41) is 0. The summed E-state index contributed by atoms with van der Waals surface area (Å²) in [5.74, 6) is 1.61. The normalized spacial score (nSPS) is 10.2. The molecule has 0 aliphatic rings. The van der Waals surface area contributed by atoms with Crippen molar-refractivity contribution in [1.82, 2.24) is 0 Å². The number of esters is 1. The molecule has 0 aliphatic carbocycles. The van der Waals surface area contributed by atoms with Gasteiger partial charge < -0.3 is 14.2 Å². The second-order valence-electron chi connectivity index (χ2n) is 6.00. The lowest BCUT2D eigenvalue weighted by Crippen LogP contribution is -2.08. The van der Waals surface area contributed by atoms with Crippen molar-refractivity contribution in [2.45, 2.75) is 6.92 Å². The summed E-state index contributed by atoms with van der Waals surface area (Å²) >= 11 is 0. The van der Waals surface area contributed by atoms with E-state index in [0.717, 1.165) is 22.6 Å². The summed E-state index contributed by atoms with van der Waals surface area (Å²) in [6.45, 7) is 6.61. The van der Waals surface area contributed by atoms with Gasteiger partial charge in [-0.15, -0.1) is 0 Å². The minimum atomic E-state index is -0.403. The molecule has 0 spiro atoms. The van der Waals surface area contributed by atoms with Crippen LogP contribution in [0, 0.1) is 0 Å². The molecule has 0 radical (unpaired) electrons. The topological polar surface area (TPSA) is 44.8 Å². The molecule has 0 fully saturated rings. The summed E-state index contributed by atoms with van der Waals surface area (Å²) in [7, 11) is 0. The Balaban J connectivity index is 1.63. The summed E-state index contributed by atoms with van der Waals surface area (Å²) in [6.07, 6.45) is 1.71. The van der Waals surface area contributed by atoms with Crippen molar-refractivity contribution >= 4 is 5.97 Å². The molecule has 0 saturated carbocycles. The van der Waals surface area contributed by atoms with Crippen molar-refractivity contribution < 1.29 is 19.0 Å². The van der Waals surface area contributed by atoms with Crippen LogP contribution >= 0.6 is 0 Å². The smallest absolute Gasteiger partial charge is 0.343 e. The molecule has 28 heavy (non-hydrogen) atoms. The van der Waals surface area contributed by atoms with E-state index in [4.69, 9.17) is 14.2 Å². The van der Waals surface area contributed by atoms with E-state index >= 15 is 0 Å². The highest BCUT2D eigenvalue weighted by molar-refractivity contribution is 5.91. The molecule has 4 nitrogen and oxygen atoms in total. The Morgan fingerprint density at radius 1 is 0.786 bits per heavy atom. The largest absolute Gasteiger partial charge is 0.494 e. The number of rotatable bonds is 8. The zero-order valence-corrected chi connectivity index (χ0v) is 15.8. The van der Waals surface area contributed by atoms with Crippen LogP contribution in [-0.2, 0) is 0 Å². The molecule has 0 aliphatic heterocycles. The Morgan fingerprint density at radius 2 is 1.29 bits per heavy atom. The minimum Gasteiger partial charge on any atom is -0.494 e. The molecule has 4 heteroatoms. The molecule has 0 heterocycles. The van der Waals surface area contributed by atoms with Crippen molar-refractivity contribution in [2.24, 2.45) is 0 Å². The molecule has 0 unspecified atom stereocenters. The average molecular weight is 374 g/mol. The maximum absolute atomic E-state index is 12.3. The SMILES string of the molecule is C=CCOc1ccc(-c2ccc(OC(=O)c3ccc(OCC)cc3)cc2)cc1. The predicted octanol–water partition coefficient (Wildman–Crippen LogP) is 5.54. The molecule has 142 valence electrons. The Bertz CT molecular complexity index is 910. The molecular weight excluding hydrogens is 352 g/mol. The fourth-order valence-corrected chi connectivity index (χ4v) is 2.63. The Morgan fingerprint density at radius 3 is 1.82 bits per heavy atom. The number of benzene rings is 3. The van der Waals surface area contributed by atoms with E-state index in [1.807, 2.05) is 43.3 Å². The van der Waals surface area contributed by atoms with E-state index in [2.05, 4.69) is 6.58 Å². The number of carbonyl (C=O) groups excluding carboxylic acids is 1. The summed E-state index contributed by atoms with van der Waals surface area (Å²) in [6, 6.07) is 22.1. The van der Waals surface area contributed by atoms with Gasteiger partial charge in [0.05, 0.1) is 12.2 Å². The van der Waals surface area contributed by atoms with Crippen LogP contribution in [0.4, 0.5) is 0 Å². The van der Waals surface area contributed by atoms with E-state index in [0.29, 0.717) is 24.5 Å². The van der Waals surface area contributed by atoms with Crippen LogP contribution in [0.3, 0.4) is 0 Å². The fourth-order valence-electron chi connectivity index (χ4n) is 2.63. The zero-order valence-electron chi connectivity index (χ0n) is 15.8. The number of hydrogen-bond acceptors (Lipinski definition) is 4. The minimum absolute atomic E-state index is 0.403. The van der Waals surface area contributed by atoms with E-state index in [1.165, 1.54) is 0 Å². The number of hydrogen-bond donors (Lipinski definition) is 0. The first-order valence-corrected chi connectivity index (χ1v) is 9.09. The van der Waals surface area contributed by atoms with Crippen LogP contribution in [0.25, 0.3) is 11.1 Å². The van der Waals surface area contributed by atoms with Crippen molar-refractivity contribution in [3.05, 3.63) is 91.0 Å². The molecule has 0 saturated heterocycles. The highest BCUT2D eigenvalue weighted by Crippen LogP contribution is 2.25. The Hall–Kier alpha value is -3.53. The third-order valence-corrected chi connectivity index (χ3v) is 4.02. The van der Waals surface area contributed by atoms with E-state index in [9.17, 15) is 4.79 Å². The van der Waals surface area contributed by atoms with Crippen LogP contribution in [0.2, 0.25) is 0 Å². The van der Waals surface area contributed by atoms with Gasteiger partial charge in [0.15, 0.2) is 0 Å². The van der Waals surface area contributed by atoms with Crippen LogP contribution in [0.15, 0.2) is 85.5 Å². The van der Waals surface area contributed by atoms with E-state index < -0.39 is 5.97 Å². The first kappa shape index (κ1) is 19.2. The first-order valence-electron chi connectivity index (χ1n) is 9.09. The van der Waals surface area contributed by atoms with Gasteiger partial charge in [-0.05, 0) is 66.6 Å². The van der Waals surface area contributed by atoms with Gasteiger partial charge in [-0.2, -0.15) is 0 Å². The van der Waals surface area contributed by atoms with Crippen molar-refractivity contribution in [3.8, 4) is 28.4 Å². The quantitative estimate of drug-likeness (QED) is 0.295. The van der Waals surface area contributed by atoms with Gasteiger partial charge in [0.2, 0.25) is 0 Å². The van der Waals surface area contributed by atoms with Crippen molar-refractivity contribution in [2.75, 3.05) is 13.2 Å². The van der Waals surface area contributed by atoms with Crippen LogP contribution in [0.5, 0.6) is 17.2 Å². The second-order valence-corrected chi connectivity index (χ2v) is 6.00. The predicted molar refractivity (Wildman–Crippen MR) is 110 cm³/mol. The van der Waals surface area contributed by atoms with Gasteiger partial charge in [-0.25, -0.2) is 4.79 Å². The van der Waals surface area contributed by atoms with Crippen LogP contribution in [0.1, 0.15) is 17.3 Å². The van der Waals surface area contributed by atoms with E-state index in [1.54, 1.807) is 42.5 Å².